The van der Waals surface area contributed by atoms with Crippen LogP contribution < -0.4 is 0 Å². The summed E-state index contributed by atoms with van der Waals surface area (Å²) in [5.41, 5.74) is 1.47. The molecule has 0 aliphatic heterocycles. The molecule has 1 N–H and O–H groups in total. The molecule has 100 valence electrons. The number of hydrogen-bond acceptors (Lipinski definition) is 4. The third-order valence-corrected chi connectivity index (χ3v) is 3.11. The van der Waals surface area contributed by atoms with Gasteiger partial charge in [-0.25, -0.2) is 0 Å². The van der Waals surface area contributed by atoms with E-state index in [1.54, 1.807) is 16.7 Å². The molecule has 1 heterocycles. The lowest BCUT2D eigenvalue weighted by atomic mass is 10.1. The van der Waals surface area contributed by atoms with Crippen molar-refractivity contribution in [1.82, 2.24) is 14.8 Å². The van der Waals surface area contributed by atoms with E-state index >= 15 is 0 Å². The minimum atomic E-state index is -0.400. The Kier molecular flexibility index (Phi) is 3.75. The number of nitro groups is 1. The molecule has 2 rings (SSSR count). The quantitative estimate of drug-likeness (QED) is 0.529. The maximum Gasteiger partial charge on any atom is 0.280 e. The van der Waals surface area contributed by atoms with Crippen LogP contribution in [-0.4, -0.2) is 19.7 Å². The summed E-state index contributed by atoms with van der Waals surface area (Å²) in [6, 6.07) is 4.97. The van der Waals surface area contributed by atoms with E-state index in [1.165, 1.54) is 6.07 Å². The Hall–Kier alpha value is -2.02. The predicted octanol–water partition coefficient (Wildman–Crippen LogP) is 3.23. The average molecular weight is 278 g/mol. The molecule has 7 heteroatoms. The van der Waals surface area contributed by atoms with E-state index < -0.39 is 4.92 Å². The Morgan fingerprint density at radius 1 is 1.53 bits per heavy atom. The zero-order valence-electron chi connectivity index (χ0n) is 10.7. The van der Waals surface area contributed by atoms with Crippen LogP contribution in [0.5, 0.6) is 0 Å². The molecule has 0 unspecified atom stereocenters. The first-order chi connectivity index (χ1) is 9.04. The molecule has 19 heavy (non-hydrogen) atoms. The van der Waals surface area contributed by atoms with Crippen LogP contribution in [0.25, 0.3) is 11.4 Å². The third kappa shape index (κ3) is 2.55. The summed E-state index contributed by atoms with van der Waals surface area (Å²) in [6.07, 6.45) is 0.875. The van der Waals surface area contributed by atoms with Crippen molar-refractivity contribution in [3.63, 3.8) is 0 Å². The Bertz CT molecular complexity index is 675. The fraction of sp³-hybridized carbons (Fsp3) is 0.333. The molecule has 0 bridgehead atoms. The topological polar surface area (TPSA) is 76.8 Å². The van der Waals surface area contributed by atoms with Crippen molar-refractivity contribution in [1.29, 1.82) is 0 Å². The van der Waals surface area contributed by atoms with Crippen LogP contribution in [-0.2, 0) is 6.54 Å². The van der Waals surface area contributed by atoms with Crippen molar-refractivity contribution < 1.29 is 4.92 Å². The number of H-pyrrole nitrogens is 1. The van der Waals surface area contributed by atoms with Crippen molar-refractivity contribution in [3.8, 4) is 11.4 Å². The molecule has 0 spiro atoms. The van der Waals surface area contributed by atoms with Gasteiger partial charge in [0.15, 0.2) is 10.6 Å². The molecule has 0 aliphatic rings. The van der Waals surface area contributed by atoms with Crippen LogP contribution >= 0.6 is 12.2 Å². The number of rotatable bonds is 4. The van der Waals surface area contributed by atoms with Crippen LogP contribution in [0.3, 0.4) is 0 Å². The zero-order chi connectivity index (χ0) is 14.0. The minimum absolute atomic E-state index is 0.0388. The van der Waals surface area contributed by atoms with Gasteiger partial charge in [0.05, 0.1) is 10.5 Å². The van der Waals surface area contributed by atoms with Gasteiger partial charge < -0.3 is 0 Å². The second kappa shape index (κ2) is 5.31. The van der Waals surface area contributed by atoms with E-state index in [2.05, 4.69) is 10.2 Å². The van der Waals surface area contributed by atoms with Crippen LogP contribution in [0, 0.1) is 21.8 Å². The minimum Gasteiger partial charge on any atom is -0.300 e. The van der Waals surface area contributed by atoms with Crippen molar-refractivity contribution in [2.45, 2.75) is 26.8 Å². The second-order valence-corrected chi connectivity index (χ2v) is 4.67. The fourth-order valence-electron chi connectivity index (χ4n) is 1.94. The predicted molar refractivity (Wildman–Crippen MR) is 74.5 cm³/mol. The number of aromatic amines is 1. The standard InChI is InChI=1S/C12H14N4O2S/c1-3-6-15-11(13-14-12(15)19)9-7-8(2)4-5-10(9)16(17)18/h4-5,7H,3,6H2,1-2H3,(H,14,19). The number of benzene rings is 1. The first kappa shape index (κ1) is 13.4. The highest BCUT2D eigenvalue weighted by Crippen LogP contribution is 2.29. The smallest absolute Gasteiger partial charge is 0.280 e. The number of nitro benzene ring substituents is 1. The number of nitrogens with one attached hydrogen (secondary N) is 1. The summed E-state index contributed by atoms with van der Waals surface area (Å²) >= 11 is 5.16. The summed E-state index contributed by atoms with van der Waals surface area (Å²) in [7, 11) is 0. The van der Waals surface area contributed by atoms with Gasteiger partial charge in [0.1, 0.15) is 0 Å². The van der Waals surface area contributed by atoms with E-state index in [4.69, 9.17) is 12.2 Å². The van der Waals surface area contributed by atoms with Crippen molar-refractivity contribution >= 4 is 17.9 Å². The molecule has 1 aromatic heterocycles. The molecule has 1 aromatic carbocycles. The van der Waals surface area contributed by atoms with Crippen LogP contribution in [0.1, 0.15) is 18.9 Å². The van der Waals surface area contributed by atoms with Crippen LogP contribution in [0.2, 0.25) is 0 Å². The highest BCUT2D eigenvalue weighted by atomic mass is 32.1. The SMILES string of the molecule is CCCn1c(-c2cc(C)ccc2[N+](=O)[O-])n[nH]c1=S. The fourth-order valence-corrected chi connectivity index (χ4v) is 2.17. The van der Waals surface area contributed by atoms with Crippen LogP contribution in [0.15, 0.2) is 18.2 Å². The maximum atomic E-state index is 11.1. The lowest BCUT2D eigenvalue weighted by molar-refractivity contribution is -0.384. The van der Waals surface area contributed by atoms with E-state index in [-0.39, 0.29) is 5.69 Å². The van der Waals surface area contributed by atoms with Gasteiger partial charge in [-0.1, -0.05) is 13.0 Å². The molecule has 2 aromatic rings. The summed E-state index contributed by atoms with van der Waals surface area (Å²) in [5, 5.41) is 17.9. The first-order valence-electron chi connectivity index (χ1n) is 5.95. The Morgan fingerprint density at radius 3 is 2.89 bits per heavy atom. The Morgan fingerprint density at radius 2 is 2.26 bits per heavy atom. The summed E-state index contributed by atoms with van der Waals surface area (Å²) in [4.78, 5) is 10.7. The monoisotopic (exact) mass is 278 g/mol. The van der Waals surface area contributed by atoms with E-state index in [1.807, 2.05) is 13.8 Å². The molecule has 0 fully saturated rings. The van der Waals surface area contributed by atoms with Crippen LogP contribution in [0.4, 0.5) is 5.69 Å². The van der Waals surface area contributed by atoms with E-state index in [0.717, 1.165) is 12.0 Å². The number of hydrogen-bond donors (Lipinski definition) is 1. The van der Waals surface area contributed by atoms with Crippen molar-refractivity contribution in [2.75, 3.05) is 0 Å². The zero-order valence-corrected chi connectivity index (χ0v) is 11.5. The van der Waals surface area contributed by atoms with Gasteiger partial charge in [-0.3, -0.25) is 19.8 Å². The molecular formula is C12H14N4O2S. The Balaban J connectivity index is 2.67. The Labute approximate surface area is 115 Å². The average Bonchev–Trinajstić information content (AvgIpc) is 2.71. The highest BCUT2D eigenvalue weighted by Gasteiger charge is 2.20. The molecule has 0 atom stereocenters. The van der Waals surface area contributed by atoms with Gasteiger partial charge in [0.2, 0.25) is 0 Å². The molecule has 0 saturated carbocycles. The van der Waals surface area contributed by atoms with Crippen molar-refractivity contribution in [2.24, 2.45) is 0 Å². The molecule has 0 amide bonds. The van der Waals surface area contributed by atoms with Gasteiger partial charge in [0.25, 0.3) is 5.69 Å². The molecule has 0 radical (unpaired) electrons. The van der Waals surface area contributed by atoms with E-state index in [0.29, 0.717) is 22.7 Å². The van der Waals surface area contributed by atoms with Gasteiger partial charge >= 0.3 is 0 Å². The molecule has 6 nitrogen and oxygen atoms in total. The molecule has 0 aliphatic carbocycles. The van der Waals surface area contributed by atoms with Crippen molar-refractivity contribution in [3.05, 3.63) is 38.6 Å². The van der Waals surface area contributed by atoms with Gasteiger partial charge in [0, 0.05) is 12.6 Å². The second-order valence-electron chi connectivity index (χ2n) is 4.28. The molecule has 0 saturated heterocycles. The maximum absolute atomic E-state index is 11.1. The lowest BCUT2D eigenvalue weighted by Crippen LogP contribution is -2.02. The lowest BCUT2D eigenvalue weighted by Gasteiger charge is -2.06. The first-order valence-corrected chi connectivity index (χ1v) is 6.36. The largest absolute Gasteiger partial charge is 0.300 e. The molecular weight excluding hydrogens is 264 g/mol. The van der Waals surface area contributed by atoms with Gasteiger partial charge in [-0.05, 0) is 37.2 Å². The highest BCUT2D eigenvalue weighted by molar-refractivity contribution is 7.71. The summed E-state index contributed by atoms with van der Waals surface area (Å²) < 4.78 is 2.27. The van der Waals surface area contributed by atoms with E-state index in [9.17, 15) is 10.1 Å². The van der Waals surface area contributed by atoms with Gasteiger partial charge in [-0.2, -0.15) is 5.10 Å². The normalized spacial score (nSPS) is 10.6. The number of aryl methyl sites for hydroxylation is 1. The summed E-state index contributed by atoms with van der Waals surface area (Å²) in [6.45, 7) is 4.58. The number of nitrogens with zero attached hydrogens (tertiary/aromatic N) is 3. The third-order valence-electron chi connectivity index (χ3n) is 2.80. The summed E-state index contributed by atoms with van der Waals surface area (Å²) in [5.74, 6) is 0.516. The number of aromatic nitrogens is 3. The van der Waals surface area contributed by atoms with Gasteiger partial charge in [-0.15, -0.1) is 0 Å².